The van der Waals surface area contributed by atoms with Gasteiger partial charge in [0.1, 0.15) is 34.1 Å². The zero-order chi connectivity index (χ0) is 36.8. The number of aromatic carboxylic acids is 2. The summed E-state index contributed by atoms with van der Waals surface area (Å²) in [5.74, 6) is -1.21. The summed E-state index contributed by atoms with van der Waals surface area (Å²) in [6.07, 6.45) is 8.47. The Balaban J connectivity index is 0.000000966. The number of hydrogen-bond donors (Lipinski definition) is 4. The second kappa shape index (κ2) is 22.2. The number of methoxy groups -OCH3 is 2. The molecule has 0 saturated heterocycles. The number of phenols is 2. The summed E-state index contributed by atoms with van der Waals surface area (Å²) in [5, 5.41) is 40.3. The molecule has 0 radical (unpaired) electrons. The minimum absolute atomic E-state index is 0. The van der Waals surface area contributed by atoms with Gasteiger partial charge >= 0.3 is 11.9 Å². The smallest absolute Gasteiger partial charge is 0.340 e. The summed E-state index contributed by atoms with van der Waals surface area (Å²) in [5.41, 5.74) is 5.06. The molecule has 284 valence electrons. The van der Waals surface area contributed by atoms with Crippen LogP contribution >= 0.6 is 0 Å². The van der Waals surface area contributed by atoms with Crippen molar-refractivity contribution >= 4 is 24.1 Å². The van der Waals surface area contributed by atoms with Crippen LogP contribution in [0.5, 0.6) is 23.0 Å². The zero-order valence-electron chi connectivity index (χ0n) is 31.0. The maximum absolute atomic E-state index is 11.7. The third-order valence-electron chi connectivity index (χ3n) is 8.18. The molecule has 9 heteroatoms. The third kappa shape index (κ3) is 12.7. The van der Waals surface area contributed by atoms with Gasteiger partial charge in [-0.1, -0.05) is 98.3 Å². The molecule has 0 atom stereocenters. The molecule has 0 heterocycles. The van der Waals surface area contributed by atoms with Gasteiger partial charge in [-0.15, -0.1) is 0 Å². The molecule has 0 aliphatic rings. The van der Waals surface area contributed by atoms with E-state index in [0.717, 1.165) is 23.1 Å². The Kier molecular flexibility index (Phi) is 19.3. The fourth-order valence-corrected chi connectivity index (χ4v) is 5.45. The Morgan fingerprint density at radius 1 is 0.750 bits per heavy atom. The monoisotopic (exact) mass is 803 g/mol. The minimum Gasteiger partial charge on any atom is -0.507 e. The van der Waals surface area contributed by atoms with Crippen molar-refractivity contribution in [2.75, 3.05) is 14.2 Å². The van der Waals surface area contributed by atoms with Crippen LogP contribution in [0.1, 0.15) is 89.6 Å². The second-order valence-electron chi connectivity index (χ2n) is 12.6. The third-order valence-corrected chi connectivity index (χ3v) is 8.18. The predicted octanol–water partition coefficient (Wildman–Crippen LogP) is 9.94. The van der Waals surface area contributed by atoms with Crippen molar-refractivity contribution < 1.29 is 61.3 Å². The standard InChI is InChI=1S/C21H26O4.C21H22O4.CH3.Pd.H2/c2*1-14(2)9-12-17-18(25-3)13-16(19(20(17)22)21(23)24)11-10-15-7-5-4-6-8-15;;;/h4-8,13-14,22H,9-12H2,1-3H3,(H,23,24);4-11,13,22H,12H2,1-3H3,(H,23,24);1H3;;1H/q;;-1;;/b;11-10+;;;. The molecule has 0 amide bonds. The molecular formula is C43H53O8Pd-. The largest absolute Gasteiger partial charge is 0.507 e. The number of carboxylic acids is 2. The summed E-state index contributed by atoms with van der Waals surface area (Å²) in [4.78, 5) is 23.4. The topological polar surface area (TPSA) is 134 Å². The molecule has 52 heavy (non-hydrogen) atoms. The van der Waals surface area contributed by atoms with Crippen molar-refractivity contribution in [2.45, 2.75) is 59.8 Å². The van der Waals surface area contributed by atoms with Crippen molar-refractivity contribution in [3.8, 4) is 23.0 Å². The summed E-state index contributed by atoms with van der Waals surface area (Å²) < 4.78 is 10.8. The van der Waals surface area contributed by atoms with Crippen LogP contribution in [0.25, 0.3) is 12.2 Å². The molecule has 4 rings (SSSR count). The van der Waals surface area contributed by atoms with E-state index in [-0.39, 0.29) is 51.9 Å². The number of rotatable bonds is 14. The van der Waals surface area contributed by atoms with Crippen LogP contribution in [0.4, 0.5) is 0 Å². The van der Waals surface area contributed by atoms with Crippen LogP contribution < -0.4 is 9.47 Å². The summed E-state index contributed by atoms with van der Waals surface area (Å²) in [7, 11) is 3.06. The van der Waals surface area contributed by atoms with Gasteiger partial charge in [0.15, 0.2) is 0 Å². The van der Waals surface area contributed by atoms with Crippen LogP contribution in [0.15, 0.2) is 84.4 Å². The van der Waals surface area contributed by atoms with Crippen LogP contribution in [0, 0.1) is 13.3 Å². The molecule has 0 aliphatic heterocycles. The van der Waals surface area contributed by atoms with E-state index >= 15 is 0 Å². The first-order chi connectivity index (χ1) is 23.9. The number of ether oxygens (including phenoxy) is 2. The molecule has 0 unspecified atom stereocenters. The van der Waals surface area contributed by atoms with Crippen LogP contribution in [0.2, 0.25) is 0 Å². The Morgan fingerprint density at radius 3 is 1.81 bits per heavy atom. The van der Waals surface area contributed by atoms with Crippen molar-refractivity contribution in [3.63, 3.8) is 0 Å². The molecule has 0 saturated carbocycles. The summed E-state index contributed by atoms with van der Waals surface area (Å²) in [6.45, 7) is 8.07. The minimum atomic E-state index is -1.17. The molecule has 4 aromatic rings. The van der Waals surface area contributed by atoms with E-state index in [1.54, 1.807) is 31.4 Å². The van der Waals surface area contributed by atoms with Gasteiger partial charge in [-0.05, 0) is 86.3 Å². The van der Waals surface area contributed by atoms with E-state index in [2.05, 4.69) is 13.8 Å². The summed E-state index contributed by atoms with van der Waals surface area (Å²) in [6, 6.07) is 22.8. The number of aryl methyl sites for hydroxylation is 2. The summed E-state index contributed by atoms with van der Waals surface area (Å²) >= 11 is 0. The second-order valence-corrected chi connectivity index (χ2v) is 12.6. The van der Waals surface area contributed by atoms with Crippen molar-refractivity contribution in [2.24, 2.45) is 5.92 Å². The Labute approximate surface area is 323 Å². The SMILES string of the molecule is COc1cc(/C=C/c2ccccc2)c(C(=O)O)c(O)c1CC=C(C)C.COc1cc(CCc2ccccc2)c(C(=O)O)c(O)c1CCC(C)C.[CH3-].[HH].[Pd]. The van der Waals surface area contributed by atoms with E-state index in [9.17, 15) is 30.0 Å². The Hall–Kier alpha value is -4.84. The fourth-order valence-electron chi connectivity index (χ4n) is 5.45. The van der Waals surface area contributed by atoms with Gasteiger partial charge in [0.25, 0.3) is 0 Å². The number of aromatic hydroxyl groups is 2. The molecule has 0 spiro atoms. The van der Waals surface area contributed by atoms with E-state index in [0.29, 0.717) is 65.4 Å². The first kappa shape index (κ1) is 45.2. The Bertz CT molecular complexity index is 1820. The van der Waals surface area contributed by atoms with E-state index in [1.807, 2.05) is 80.6 Å². The quantitative estimate of drug-likeness (QED) is 0.0429. The molecule has 0 bridgehead atoms. The molecule has 4 N–H and O–H groups in total. The van der Waals surface area contributed by atoms with Gasteiger partial charge < -0.3 is 37.3 Å². The van der Waals surface area contributed by atoms with E-state index in [1.165, 1.54) is 7.11 Å². The average Bonchev–Trinajstić information content (AvgIpc) is 3.08. The zero-order valence-corrected chi connectivity index (χ0v) is 32.6. The van der Waals surface area contributed by atoms with Gasteiger partial charge in [-0.25, -0.2) is 9.59 Å². The molecule has 4 aromatic carbocycles. The fraction of sp³-hybridized carbons (Fsp3) is 0.279. The van der Waals surface area contributed by atoms with Crippen molar-refractivity contribution in [3.05, 3.63) is 136 Å². The molecule has 8 nitrogen and oxygen atoms in total. The Morgan fingerprint density at radius 2 is 1.29 bits per heavy atom. The van der Waals surface area contributed by atoms with Crippen LogP contribution in [0.3, 0.4) is 0 Å². The van der Waals surface area contributed by atoms with Crippen LogP contribution in [-0.4, -0.2) is 46.6 Å². The van der Waals surface area contributed by atoms with Crippen molar-refractivity contribution in [1.29, 1.82) is 0 Å². The van der Waals surface area contributed by atoms with Crippen molar-refractivity contribution in [1.82, 2.24) is 0 Å². The number of benzene rings is 4. The first-order valence-corrected chi connectivity index (χ1v) is 16.6. The van der Waals surface area contributed by atoms with Crippen LogP contribution in [-0.2, 0) is 46.1 Å². The number of allylic oxidation sites excluding steroid dienone is 2. The van der Waals surface area contributed by atoms with E-state index < -0.39 is 11.9 Å². The maximum Gasteiger partial charge on any atom is 0.340 e. The van der Waals surface area contributed by atoms with Gasteiger partial charge in [-0.3, -0.25) is 0 Å². The van der Waals surface area contributed by atoms with Gasteiger partial charge in [-0.2, -0.15) is 0 Å². The normalized spacial score (nSPS) is 10.4. The van der Waals surface area contributed by atoms with Gasteiger partial charge in [0.05, 0.1) is 14.2 Å². The molecule has 0 aliphatic carbocycles. The number of hydrogen-bond acceptors (Lipinski definition) is 6. The van der Waals surface area contributed by atoms with Gasteiger partial charge in [0.2, 0.25) is 0 Å². The maximum atomic E-state index is 11.7. The number of carbonyl (C=O) groups is 2. The molecule has 0 aromatic heterocycles. The predicted molar refractivity (Wildman–Crippen MR) is 207 cm³/mol. The molecular weight excluding hydrogens is 751 g/mol. The average molecular weight is 804 g/mol. The number of carboxylic acid groups (broad SMARTS) is 2. The van der Waals surface area contributed by atoms with Gasteiger partial charge in [0, 0.05) is 33.0 Å². The van der Waals surface area contributed by atoms with E-state index in [4.69, 9.17) is 9.47 Å². The first-order valence-electron chi connectivity index (χ1n) is 16.6. The molecule has 0 fully saturated rings.